The molecule has 0 spiro atoms. The Morgan fingerprint density at radius 1 is 0.929 bits per heavy atom. The van der Waals surface area contributed by atoms with Crippen LogP contribution in [0.2, 0.25) is 10.0 Å². The van der Waals surface area contributed by atoms with Crippen LogP contribution in [0.5, 0.6) is 0 Å². The van der Waals surface area contributed by atoms with Gasteiger partial charge in [0.15, 0.2) is 0 Å². The molecule has 0 saturated heterocycles. The molecule has 1 N–H and O–H groups in total. The molecule has 1 atom stereocenters. The SMILES string of the molecule is CC[C@@H](C(=O)NC1CCCCC1)N(Cc1c(Cl)cccc1Cl)C(=O)CN(c1ccc(I)cc1)S(=O)(=O)c1ccccc1. The van der Waals surface area contributed by atoms with E-state index in [2.05, 4.69) is 27.9 Å². The first-order chi connectivity index (χ1) is 20.1. The molecule has 0 unspecified atom stereocenters. The van der Waals surface area contributed by atoms with Crippen LogP contribution in [0.15, 0.2) is 77.7 Å². The summed E-state index contributed by atoms with van der Waals surface area (Å²) >= 11 is 15.1. The normalized spacial score (nSPS) is 14.7. The summed E-state index contributed by atoms with van der Waals surface area (Å²) in [5, 5.41) is 3.85. The van der Waals surface area contributed by atoms with Gasteiger partial charge in [-0.3, -0.25) is 13.9 Å². The molecule has 1 saturated carbocycles. The number of amides is 2. The van der Waals surface area contributed by atoms with E-state index in [1.54, 1.807) is 60.7 Å². The third-order valence-corrected chi connectivity index (χ3v) is 10.7. The summed E-state index contributed by atoms with van der Waals surface area (Å²) in [6, 6.07) is 19.1. The quantitative estimate of drug-likeness (QED) is 0.214. The highest BCUT2D eigenvalue weighted by atomic mass is 127. The van der Waals surface area contributed by atoms with Crippen molar-refractivity contribution in [2.24, 2.45) is 0 Å². The van der Waals surface area contributed by atoms with Crippen LogP contribution in [-0.2, 0) is 26.2 Å². The van der Waals surface area contributed by atoms with Gasteiger partial charge in [-0.05, 0) is 90.4 Å². The summed E-state index contributed by atoms with van der Waals surface area (Å²) in [4.78, 5) is 29.4. The summed E-state index contributed by atoms with van der Waals surface area (Å²) in [7, 11) is -4.13. The van der Waals surface area contributed by atoms with Gasteiger partial charge in [-0.15, -0.1) is 0 Å². The van der Waals surface area contributed by atoms with E-state index in [-0.39, 0.29) is 23.4 Å². The average Bonchev–Trinajstić information content (AvgIpc) is 2.98. The van der Waals surface area contributed by atoms with Crippen LogP contribution in [0.4, 0.5) is 5.69 Å². The van der Waals surface area contributed by atoms with Crippen molar-refractivity contribution in [2.45, 2.75) is 69.0 Å². The molecule has 0 radical (unpaired) electrons. The molecule has 1 aliphatic rings. The number of hydrogen-bond donors (Lipinski definition) is 1. The summed E-state index contributed by atoms with van der Waals surface area (Å²) in [5.74, 6) is -0.817. The van der Waals surface area contributed by atoms with E-state index in [4.69, 9.17) is 23.2 Å². The first kappa shape index (κ1) is 32.6. The third-order valence-electron chi connectivity index (χ3n) is 7.45. The fourth-order valence-electron chi connectivity index (χ4n) is 5.17. The highest BCUT2D eigenvalue weighted by Crippen LogP contribution is 2.29. The topological polar surface area (TPSA) is 86.8 Å². The van der Waals surface area contributed by atoms with Gasteiger partial charge in [-0.1, -0.05) is 73.7 Å². The Hall–Kier alpha value is -2.34. The molecule has 0 bridgehead atoms. The van der Waals surface area contributed by atoms with Gasteiger partial charge in [0.25, 0.3) is 10.0 Å². The molecule has 0 aromatic heterocycles. The van der Waals surface area contributed by atoms with Crippen LogP contribution in [0.25, 0.3) is 0 Å². The second-order valence-corrected chi connectivity index (χ2v) is 14.2. The van der Waals surface area contributed by atoms with Crippen molar-refractivity contribution in [2.75, 3.05) is 10.8 Å². The van der Waals surface area contributed by atoms with Crippen LogP contribution in [0.1, 0.15) is 51.0 Å². The van der Waals surface area contributed by atoms with Gasteiger partial charge in [0.2, 0.25) is 11.8 Å². The lowest BCUT2D eigenvalue weighted by atomic mass is 9.95. The molecular weight excluding hydrogens is 708 g/mol. The predicted molar refractivity (Wildman–Crippen MR) is 176 cm³/mol. The number of carbonyl (C=O) groups is 2. The van der Waals surface area contributed by atoms with E-state index < -0.39 is 28.5 Å². The number of nitrogens with one attached hydrogen (secondary N) is 1. The van der Waals surface area contributed by atoms with Crippen LogP contribution in [0, 0.1) is 3.57 Å². The average molecular weight is 743 g/mol. The van der Waals surface area contributed by atoms with Crippen molar-refractivity contribution >= 4 is 73.3 Å². The molecular formula is C31H34Cl2IN3O4S. The van der Waals surface area contributed by atoms with Crippen molar-refractivity contribution in [1.82, 2.24) is 10.2 Å². The van der Waals surface area contributed by atoms with Crippen LogP contribution < -0.4 is 9.62 Å². The Balaban J connectivity index is 1.72. The van der Waals surface area contributed by atoms with E-state index in [1.807, 2.05) is 6.92 Å². The predicted octanol–water partition coefficient (Wildman–Crippen LogP) is 7.05. The molecule has 3 aromatic carbocycles. The van der Waals surface area contributed by atoms with E-state index in [1.165, 1.54) is 17.0 Å². The van der Waals surface area contributed by atoms with E-state index in [0.717, 1.165) is 40.0 Å². The molecule has 3 aromatic rings. The Labute approximate surface area is 271 Å². The van der Waals surface area contributed by atoms with Gasteiger partial charge >= 0.3 is 0 Å². The van der Waals surface area contributed by atoms with Gasteiger partial charge in [0.05, 0.1) is 10.6 Å². The number of rotatable bonds is 11. The minimum Gasteiger partial charge on any atom is -0.352 e. The molecule has 1 fully saturated rings. The number of sulfonamides is 1. The van der Waals surface area contributed by atoms with Crippen molar-refractivity contribution in [3.63, 3.8) is 0 Å². The molecule has 4 rings (SSSR count). The van der Waals surface area contributed by atoms with Crippen molar-refractivity contribution in [3.8, 4) is 0 Å². The van der Waals surface area contributed by atoms with Gasteiger partial charge in [0.1, 0.15) is 12.6 Å². The Morgan fingerprint density at radius 3 is 2.14 bits per heavy atom. The number of halogens is 3. The first-order valence-corrected chi connectivity index (χ1v) is 17.3. The lowest BCUT2D eigenvalue weighted by Crippen LogP contribution is -2.54. The molecule has 0 aliphatic heterocycles. The second kappa shape index (κ2) is 14.9. The zero-order chi connectivity index (χ0) is 30.3. The highest BCUT2D eigenvalue weighted by Gasteiger charge is 2.35. The largest absolute Gasteiger partial charge is 0.352 e. The maximum Gasteiger partial charge on any atom is 0.264 e. The summed E-state index contributed by atoms with van der Waals surface area (Å²) in [5.41, 5.74) is 0.827. The number of carbonyl (C=O) groups excluding carboxylic acids is 2. The number of benzene rings is 3. The first-order valence-electron chi connectivity index (χ1n) is 14.0. The smallest absolute Gasteiger partial charge is 0.264 e. The van der Waals surface area contributed by atoms with E-state index in [0.29, 0.717) is 27.7 Å². The number of nitrogens with zero attached hydrogens (tertiary/aromatic N) is 2. The fourth-order valence-corrected chi connectivity index (χ4v) is 7.49. The summed E-state index contributed by atoms with van der Waals surface area (Å²) in [6.07, 6.45) is 5.33. The van der Waals surface area contributed by atoms with Crippen molar-refractivity contribution < 1.29 is 18.0 Å². The fraction of sp³-hybridized carbons (Fsp3) is 0.355. The third kappa shape index (κ3) is 7.98. The maximum absolute atomic E-state index is 14.2. The Bertz CT molecular complexity index is 1460. The number of anilines is 1. The van der Waals surface area contributed by atoms with Crippen LogP contribution >= 0.6 is 45.8 Å². The van der Waals surface area contributed by atoms with Crippen LogP contribution in [0.3, 0.4) is 0 Å². The Kier molecular flexibility index (Phi) is 11.6. The van der Waals surface area contributed by atoms with Crippen LogP contribution in [-0.4, -0.2) is 43.8 Å². The minimum atomic E-state index is -4.13. The molecule has 1 aliphatic carbocycles. The molecule has 11 heteroatoms. The molecule has 42 heavy (non-hydrogen) atoms. The van der Waals surface area contributed by atoms with Gasteiger partial charge in [-0.2, -0.15) is 0 Å². The second-order valence-electron chi connectivity index (χ2n) is 10.3. The maximum atomic E-state index is 14.2. The zero-order valence-corrected chi connectivity index (χ0v) is 27.8. The van der Waals surface area contributed by atoms with E-state index >= 15 is 0 Å². The molecule has 0 heterocycles. The zero-order valence-electron chi connectivity index (χ0n) is 23.3. The molecule has 224 valence electrons. The molecule has 7 nitrogen and oxygen atoms in total. The summed E-state index contributed by atoms with van der Waals surface area (Å²) < 4.78 is 29.8. The minimum absolute atomic E-state index is 0.0444. The van der Waals surface area contributed by atoms with Gasteiger partial charge in [-0.25, -0.2) is 8.42 Å². The van der Waals surface area contributed by atoms with E-state index in [9.17, 15) is 18.0 Å². The standard InChI is InChI=1S/C31H34Cl2IN3O4S/c1-2-29(31(39)35-23-10-5-3-6-11-23)36(20-26-27(32)14-9-15-28(26)33)30(38)21-37(24-18-16-22(34)17-19-24)42(40,41)25-12-7-4-8-13-25/h4,7-9,12-19,23,29H,2-3,5-6,10-11,20-21H2,1H3,(H,35,39)/t29-/m0/s1. The monoisotopic (exact) mass is 741 g/mol. The highest BCUT2D eigenvalue weighted by molar-refractivity contribution is 14.1. The van der Waals surface area contributed by atoms with Gasteiger partial charge < -0.3 is 10.2 Å². The lowest BCUT2D eigenvalue weighted by Gasteiger charge is -2.34. The van der Waals surface area contributed by atoms with Crippen molar-refractivity contribution in [1.29, 1.82) is 0 Å². The van der Waals surface area contributed by atoms with Gasteiger partial charge in [0, 0.05) is 31.8 Å². The van der Waals surface area contributed by atoms with Crippen molar-refractivity contribution in [3.05, 3.63) is 92.0 Å². The molecule has 2 amide bonds. The summed E-state index contributed by atoms with van der Waals surface area (Å²) in [6.45, 7) is 1.25. The Morgan fingerprint density at radius 2 is 1.55 bits per heavy atom. The number of hydrogen-bond acceptors (Lipinski definition) is 4. The lowest BCUT2D eigenvalue weighted by molar-refractivity contribution is -0.140.